The van der Waals surface area contributed by atoms with Crippen molar-refractivity contribution in [1.82, 2.24) is 4.90 Å². The van der Waals surface area contributed by atoms with Gasteiger partial charge in [0.1, 0.15) is 0 Å². The fourth-order valence-electron chi connectivity index (χ4n) is 2.55. The third-order valence-corrected chi connectivity index (χ3v) is 4.51. The van der Waals surface area contributed by atoms with Gasteiger partial charge in [-0.1, -0.05) is 22.0 Å². The predicted molar refractivity (Wildman–Crippen MR) is 88.3 cm³/mol. The van der Waals surface area contributed by atoms with E-state index in [1.807, 2.05) is 6.07 Å². The standard InChI is InChI=1S/C16H25BrN2O/c1-13(14-6-7-14)19(10-11-20-2)9-8-18-16-5-3-4-15(17)12-16/h3-5,12-14,18H,6-11H2,1-2H3. The zero-order chi connectivity index (χ0) is 14.4. The fraction of sp³-hybridized carbons (Fsp3) is 0.625. The largest absolute Gasteiger partial charge is 0.384 e. The van der Waals surface area contributed by atoms with E-state index < -0.39 is 0 Å². The quantitative estimate of drug-likeness (QED) is 0.743. The molecule has 1 saturated carbocycles. The van der Waals surface area contributed by atoms with E-state index in [0.29, 0.717) is 6.04 Å². The molecule has 0 spiro atoms. The third-order valence-electron chi connectivity index (χ3n) is 4.02. The van der Waals surface area contributed by atoms with Gasteiger partial charge in [-0.05, 0) is 43.9 Å². The van der Waals surface area contributed by atoms with E-state index in [9.17, 15) is 0 Å². The Labute approximate surface area is 130 Å². The lowest BCUT2D eigenvalue weighted by atomic mass is 10.2. The number of rotatable bonds is 9. The van der Waals surface area contributed by atoms with Crippen molar-refractivity contribution in [3.8, 4) is 0 Å². The van der Waals surface area contributed by atoms with Gasteiger partial charge in [0.05, 0.1) is 6.61 Å². The van der Waals surface area contributed by atoms with Crippen LogP contribution in [0.1, 0.15) is 19.8 Å². The first-order valence-corrected chi connectivity index (χ1v) is 8.22. The summed E-state index contributed by atoms with van der Waals surface area (Å²) in [6.45, 7) is 6.22. The topological polar surface area (TPSA) is 24.5 Å². The fourth-order valence-corrected chi connectivity index (χ4v) is 2.95. The number of nitrogens with zero attached hydrogens (tertiary/aromatic N) is 1. The van der Waals surface area contributed by atoms with E-state index >= 15 is 0 Å². The Kier molecular flexibility index (Phi) is 6.33. The molecule has 1 aliphatic rings. The molecule has 1 N–H and O–H groups in total. The van der Waals surface area contributed by atoms with Crippen LogP contribution in [0.15, 0.2) is 28.7 Å². The number of anilines is 1. The van der Waals surface area contributed by atoms with E-state index in [0.717, 1.165) is 36.6 Å². The molecule has 3 nitrogen and oxygen atoms in total. The summed E-state index contributed by atoms with van der Waals surface area (Å²) >= 11 is 3.50. The third kappa shape index (κ3) is 5.08. The van der Waals surface area contributed by atoms with Gasteiger partial charge in [0.2, 0.25) is 0 Å². The first kappa shape index (κ1) is 15.8. The molecule has 20 heavy (non-hydrogen) atoms. The monoisotopic (exact) mass is 340 g/mol. The number of hydrogen-bond donors (Lipinski definition) is 1. The summed E-state index contributed by atoms with van der Waals surface area (Å²) in [4.78, 5) is 2.55. The zero-order valence-corrected chi connectivity index (χ0v) is 14.0. The van der Waals surface area contributed by atoms with Crippen LogP contribution in [-0.2, 0) is 4.74 Å². The summed E-state index contributed by atoms with van der Waals surface area (Å²) in [7, 11) is 1.78. The Morgan fingerprint density at radius 2 is 2.20 bits per heavy atom. The van der Waals surface area contributed by atoms with Gasteiger partial charge in [0, 0.05) is 42.9 Å². The highest BCUT2D eigenvalue weighted by molar-refractivity contribution is 9.10. The van der Waals surface area contributed by atoms with Gasteiger partial charge in [-0.25, -0.2) is 0 Å². The number of ether oxygens (including phenoxy) is 1. The van der Waals surface area contributed by atoms with Gasteiger partial charge in [-0.3, -0.25) is 4.90 Å². The van der Waals surface area contributed by atoms with Crippen molar-refractivity contribution in [2.45, 2.75) is 25.8 Å². The average Bonchev–Trinajstić information content (AvgIpc) is 3.26. The highest BCUT2D eigenvalue weighted by Gasteiger charge is 2.31. The maximum absolute atomic E-state index is 5.23. The van der Waals surface area contributed by atoms with E-state index in [4.69, 9.17) is 4.74 Å². The smallest absolute Gasteiger partial charge is 0.0589 e. The molecule has 0 heterocycles. The van der Waals surface area contributed by atoms with Crippen molar-refractivity contribution in [3.63, 3.8) is 0 Å². The minimum absolute atomic E-state index is 0.675. The molecule has 2 rings (SSSR count). The molecule has 1 unspecified atom stereocenters. The molecular weight excluding hydrogens is 316 g/mol. The van der Waals surface area contributed by atoms with Gasteiger partial charge in [-0.2, -0.15) is 0 Å². The van der Waals surface area contributed by atoms with Gasteiger partial charge in [0.15, 0.2) is 0 Å². The van der Waals surface area contributed by atoms with E-state index in [1.54, 1.807) is 7.11 Å². The van der Waals surface area contributed by atoms with Gasteiger partial charge in [0.25, 0.3) is 0 Å². The molecule has 0 aromatic heterocycles. The maximum atomic E-state index is 5.23. The van der Waals surface area contributed by atoms with Crippen LogP contribution in [0, 0.1) is 5.92 Å². The van der Waals surface area contributed by atoms with E-state index in [-0.39, 0.29) is 0 Å². The van der Waals surface area contributed by atoms with E-state index in [2.05, 4.69) is 51.3 Å². The SMILES string of the molecule is COCCN(CCNc1cccc(Br)c1)C(C)C1CC1. The van der Waals surface area contributed by atoms with Crippen molar-refractivity contribution in [1.29, 1.82) is 0 Å². The second-order valence-electron chi connectivity index (χ2n) is 5.54. The van der Waals surface area contributed by atoms with Crippen LogP contribution in [0.5, 0.6) is 0 Å². The molecule has 0 bridgehead atoms. The van der Waals surface area contributed by atoms with Crippen LogP contribution in [0.25, 0.3) is 0 Å². The molecule has 1 atom stereocenters. The molecule has 0 saturated heterocycles. The number of methoxy groups -OCH3 is 1. The second kappa shape index (κ2) is 8.01. The maximum Gasteiger partial charge on any atom is 0.0589 e. The summed E-state index contributed by atoms with van der Waals surface area (Å²) in [6.07, 6.45) is 2.79. The summed E-state index contributed by atoms with van der Waals surface area (Å²) < 4.78 is 6.35. The second-order valence-corrected chi connectivity index (χ2v) is 6.46. The normalized spacial score (nSPS) is 16.4. The Balaban J connectivity index is 1.78. The van der Waals surface area contributed by atoms with E-state index in [1.165, 1.54) is 18.5 Å². The van der Waals surface area contributed by atoms with Crippen molar-refractivity contribution in [2.24, 2.45) is 5.92 Å². The minimum atomic E-state index is 0.675. The summed E-state index contributed by atoms with van der Waals surface area (Å²) in [6, 6.07) is 9.00. The van der Waals surface area contributed by atoms with Crippen LogP contribution < -0.4 is 5.32 Å². The number of benzene rings is 1. The molecule has 1 aliphatic carbocycles. The van der Waals surface area contributed by atoms with Crippen molar-refractivity contribution < 1.29 is 4.74 Å². The number of nitrogens with one attached hydrogen (secondary N) is 1. The zero-order valence-electron chi connectivity index (χ0n) is 12.4. The van der Waals surface area contributed by atoms with Crippen LogP contribution in [0.2, 0.25) is 0 Å². The van der Waals surface area contributed by atoms with Crippen LogP contribution in [-0.4, -0.2) is 44.3 Å². The lowest BCUT2D eigenvalue weighted by Gasteiger charge is -2.29. The lowest BCUT2D eigenvalue weighted by Crippen LogP contribution is -2.40. The minimum Gasteiger partial charge on any atom is -0.384 e. The van der Waals surface area contributed by atoms with Gasteiger partial charge < -0.3 is 10.1 Å². The number of hydrogen-bond acceptors (Lipinski definition) is 3. The van der Waals surface area contributed by atoms with Crippen LogP contribution in [0.4, 0.5) is 5.69 Å². The lowest BCUT2D eigenvalue weighted by molar-refractivity contribution is 0.120. The predicted octanol–water partition coefficient (Wildman–Crippen LogP) is 3.61. The Morgan fingerprint density at radius 3 is 2.85 bits per heavy atom. The molecular formula is C16H25BrN2O. The molecule has 0 amide bonds. The molecule has 4 heteroatoms. The Bertz CT molecular complexity index is 409. The Hall–Kier alpha value is -0.580. The molecule has 1 aromatic carbocycles. The first-order valence-electron chi connectivity index (χ1n) is 7.43. The molecule has 1 aromatic rings. The van der Waals surface area contributed by atoms with Crippen molar-refractivity contribution in [2.75, 3.05) is 38.7 Å². The van der Waals surface area contributed by atoms with Crippen molar-refractivity contribution in [3.05, 3.63) is 28.7 Å². The summed E-state index contributed by atoms with van der Waals surface area (Å²) in [5, 5.41) is 3.49. The van der Waals surface area contributed by atoms with Gasteiger partial charge >= 0.3 is 0 Å². The summed E-state index contributed by atoms with van der Waals surface area (Å²) in [5.41, 5.74) is 1.17. The van der Waals surface area contributed by atoms with Crippen LogP contribution >= 0.6 is 15.9 Å². The molecule has 0 aliphatic heterocycles. The highest BCUT2D eigenvalue weighted by atomic mass is 79.9. The Morgan fingerprint density at radius 1 is 1.40 bits per heavy atom. The molecule has 112 valence electrons. The number of halogens is 1. The highest BCUT2D eigenvalue weighted by Crippen LogP contribution is 2.34. The van der Waals surface area contributed by atoms with Crippen LogP contribution in [0.3, 0.4) is 0 Å². The molecule has 1 fully saturated rings. The average molecular weight is 341 g/mol. The molecule has 0 radical (unpaired) electrons. The first-order chi connectivity index (χ1) is 9.70. The van der Waals surface area contributed by atoms with Crippen molar-refractivity contribution >= 4 is 21.6 Å². The summed E-state index contributed by atoms with van der Waals surface area (Å²) in [5.74, 6) is 0.901. The van der Waals surface area contributed by atoms with Gasteiger partial charge in [-0.15, -0.1) is 0 Å².